The SMILES string of the molecule is COc1ccc(-c2cc(=[N+]3CC4(C)CC3CC(C)(C)C4)c3ccccc3o2)cc1. The third kappa shape index (κ3) is 3.27. The maximum atomic E-state index is 6.33. The fraction of sp³-hybridized carbons (Fsp3) is 0.423. The predicted octanol–water partition coefficient (Wildman–Crippen LogP) is 5.48. The first-order valence-electron chi connectivity index (χ1n) is 10.6. The van der Waals surface area contributed by atoms with Gasteiger partial charge >= 0.3 is 0 Å². The van der Waals surface area contributed by atoms with E-state index in [1.54, 1.807) is 7.11 Å². The molecule has 150 valence electrons. The Morgan fingerprint density at radius 1 is 1.00 bits per heavy atom. The average Bonchev–Trinajstić information content (AvgIpc) is 2.95. The zero-order valence-corrected chi connectivity index (χ0v) is 17.9. The minimum atomic E-state index is 0.390. The Morgan fingerprint density at radius 2 is 1.76 bits per heavy atom. The molecule has 3 nitrogen and oxygen atoms in total. The maximum absolute atomic E-state index is 6.33. The van der Waals surface area contributed by atoms with Crippen molar-refractivity contribution in [3.8, 4) is 17.1 Å². The van der Waals surface area contributed by atoms with Crippen molar-refractivity contribution in [3.63, 3.8) is 0 Å². The van der Waals surface area contributed by atoms with Gasteiger partial charge in [-0.25, -0.2) is 4.58 Å². The van der Waals surface area contributed by atoms with Crippen molar-refractivity contribution in [3.05, 3.63) is 60.0 Å². The Morgan fingerprint density at radius 3 is 2.52 bits per heavy atom. The van der Waals surface area contributed by atoms with E-state index in [1.807, 2.05) is 12.1 Å². The molecule has 2 aliphatic rings. The van der Waals surface area contributed by atoms with Crippen molar-refractivity contribution in [1.82, 2.24) is 4.58 Å². The van der Waals surface area contributed by atoms with Crippen LogP contribution in [0.2, 0.25) is 0 Å². The average molecular weight is 389 g/mol. The van der Waals surface area contributed by atoms with Crippen LogP contribution in [-0.2, 0) is 0 Å². The van der Waals surface area contributed by atoms with Crippen molar-refractivity contribution >= 4 is 11.0 Å². The Balaban J connectivity index is 1.74. The molecule has 2 atom stereocenters. The lowest BCUT2D eigenvalue weighted by molar-refractivity contribution is 0.135. The van der Waals surface area contributed by atoms with E-state index in [-0.39, 0.29) is 0 Å². The molecule has 0 radical (unpaired) electrons. The van der Waals surface area contributed by atoms with Crippen molar-refractivity contribution in [1.29, 1.82) is 0 Å². The lowest BCUT2D eigenvalue weighted by Gasteiger charge is -2.36. The molecule has 0 spiro atoms. The van der Waals surface area contributed by atoms with Crippen LogP contribution >= 0.6 is 0 Å². The molecule has 1 aromatic heterocycles. The molecule has 5 rings (SSSR count). The molecule has 2 bridgehead atoms. The monoisotopic (exact) mass is 388 g/mol. The van der Waals surface area contributed by atoms with E-state index < -0.39 is 0 Å². The van der Waals surface area contributed by atoms with E-state index in [2.05, 4.69) is 67.8 Å². The summed E-state index contributed by atoms with van der Waals surface area (Å²) in [4.78, 5) is 0. The molecule has 2 fully saturated rings. The van der Waals surface area contributed by atoms with Crippen LogP contribution < -0.4 is 14.7 Å². The molecule has 1 aliphatic carbocycles. The van der Waals surface area contributed by atoms with Crippen molar-refractivity contribution in [2.24, 2.45) is 10.8 Å². The lowest BCUT2D eigenvalue weighted by atomic mass is 9.65. The van der Waals surface area contributed by atoms with E-state index in [9.17, 15) is 0 Å². The van der Waals surface area contributed by atoms with Crippen LogP contribution in [0, 0.1) is 10.8 Å². The van der Waals surface area contributed by atoms with Crippen LogP contribution in [0.25, 0.3) is 22.3 Å². The maximum Gasteiger partial charge on any atom is 0.215 e. The third-order valence-corrected chi connectivity index (χ3v) is 6.75. The van der Waals surface area contributed by atoms with Crippen LogP contribution in [0.1, 0.15) is 40.0 Å². The van der Waals surface area contributed by atoms with Gasteiger partial charge in [-0.3, -0.25) is 0 Å². The smallest absolute Gasteiger partial charge is 0.215 e. The largest absolute Gasteiger partial charge is 0.497 e. The molecule has 1 aliphatic heterocycles. The molecule has 29 heavy (non-hydrogen) atoms. The van der Waals surface area contributed by atoms with Crippen LogP contribution in [-0.4, -0.2) is 19.7 Å². The molecular formula is C26H30NO2+. The highest BCUT2D eigenvalue weighted by molar-refractivity contribution is 5.78. The van der Waals surface area contributed by atoms with Gasteiger partial charge in [0.1, 0.15) is 23.6 Å². The minimum absolute atomic E-state index is 0.390. The van der Waals surface area contributed by atoms with Gasteiger partial charge in [0.2, 0.25) is 5.36 Å². The van der Waals surface area contributed by atoms with Gasteiger partial charge < -0.3 is 9.15 Å². The van der Waals surface area contributed by atoms with Gasteiger partial charge in [-0.1, -0.05) is 32.9 Å². The van der Waals surface area contributed by atoms with Crippen molar-refractivity contribution in [2.75, 3.05) is 13.7 Å². The Labute approximate surface area is 172 Å². The molecule has 2 heterocycles. The van der Waals surface area contributed by atoms with Crippen LogP contribution in [0.5, 0.6) is 5.75 Å². The topological polar surface area (TPSA) is 25.4 Å². The first-order valence-corrected chi connectivity index (χ1v) is 10.6. The molecule has 1 saturated carbocycles. The summed E-state index contributed by atoms with van der Waals surface area (Å²) in [6.07, 6.45) is 3.84. The second-order valence-corrected chi connectivity index (χ2v) is 10.1. The van der Waals surface area contributed by atoms with Gasteiger partial charge in [0.05, 0.1) is 18.6 Å². The molecule has 0 amide bonds. The number of para-hydroxylation sites is 1. The first-order chi connectivity index (χ1) is 13.9. The summed E-state index contributed by atoms with van der Waals surface area (Å²) in [6.45, 7) is 8.46. The predicted molar refractivity (Wildman–Crippen MR) is 118 cm³/mol. The Bertz CT molecular complexity index is 1140. The number of nitrogens with zero attached hydrogens (tertiary/aromatic N) is 1. The normalized spacial score (nSPS) is 27.2. The van der Waals surface area contributed by atoms with E-state index >= 15 is 0 Å². The van der Waals surface area contributed by atoms with Crippen LogP contribution in [0.15, 0.2) is 59.0 Å². The Kier molecular flexibility index (Phi) is 4.13. The van der Waals surface area contributed by atoms with E-state index in [4.69, 9.17) is 9.15 Å². The zero-order valence-electron chi connectivity index (χ0n) is 17.9. The number of rotatable bonds is 2. The van der Waals surface area contributed by atoms with Crippen molar-refractivity contribution < 1.29 is 9.15 Å². The van der Waals surface area contributed by atoms with Gasteiger partial charge in [-0.15, -0.1) is 0 Å². The van der Waals surface area contributed by atoms with Crippen LogP contribution in [0.4, 0.5) is 0 Å². The van der Waals surface area contributed by atoms with E-state index in [1.165, 1.54) is 30.0 Å². The van der Waals surface area contributed by atoms with Crippen LogP contribution in [0.3, 0.4) is 0 Å². The fourth-order valence-corrected chi connectivity index (χ4v) is 5.99. The number of benzene rings is 2. The summed E-state index contributed by atoms with van der Waals surface area (Å²) in [7, 11) is 1.70. The van der Waals surface area contributed by atoms with Crippen molar-refractivity contribution in [2.45, 2.75) is 46.1 Å². The van der Waals surface area contributed by atoms with E-state index in [0.29, 0.717) is 16.9 Å². The van der Waals surface area contributed by atoms with E-state index in [0.717, 1.165) is 29.2 Å². The number of fused-ring (bicyclic) bond motifs is 3. The fourth-order valence-electron chi connectivity index (χ4n) is 5.99. The lowest BCUT2D eigenvalue weighted by Crippen LogP contribution is -2.37. The second-order valence-electron chi connectivity index (χ2n) is 10.1. The van der Waals surface area contributed by atoms with Gasteiger partial charge in [-0.05, 0) is 48.2 Å². The molecular weight excluding hydrogens is 358 g/mol. The summed E-state index contributed by atoms with van der Waals surface area (Å²) < 4.78 is 14.3. The minimum Gasteiger partial charge on any atom is -0.497 e. The third-order valence-electron chi connectivity index (χ3n) is 6.75. The van der Waals surface area contributed by atoms with Gasteiger partial charge in [-0.2, -0.15) is 0 Å². The zero-order chi connectivity index (χ0) is 20.2. The van der Waals surface area contributed by atoms with Gasteiger partial charge in [0, 0.05) is 23.8 Å². The highest BCUT2D eigenvalue weighted by atomic mass is 16.5. The summed E-state index contributed by atoms with van der Waals surface area (Å²) in [5.41, 5.74) is 2.81. The summed E-state index contributed by atoms with van der Waals surface area (Å²) in [5, 5.41) is 2.52. The molecule has 3 aromatic rings. The number of ether oxygens (including phenoxy) is 1. The number of hydrogen-bond acceptors (Lipinski definition) is 2. The number of hydrogen-bond donors (Lipinski definition) is 0. The molecule has 2 unspecified atom stereocenters. The summed E-state index contributed by atoms with van der Waals surface area (Å²) in [6, 6.07) is 19.4. The summed E-state index contributed by atoms with van der Waals surface area (Å²) >= 11 is 0. The summed E-state index contributed by atoms with van der Waals surface area (Å²) in [5.74, 6) is 1.77. The molecule has 2 aromatic carbocycles. The molecule has 3 heteroatoms. The standard InChI is InChI=1S/C26H30NO2/c1-25(2)14-19-15-26(3,16-25)17-27(19)22-13-24(18-9-11-20(28-4)12-10-18)29-23-8-6-5-7-21(22)23/h5-13,19H,14-17H2,1-4H3/q+1. The van der Waals surface area contributed by atoms with Gasteiger partial charge in [0.25, 0.3) is 0 Å². The molecule has 1 saturated heterocycles. The quantitative estimate of drug-likeness (QED) is 0.543. The van der Waals surface area contributed by atoms with Gasteiger partial charge in [0.15, 0.2) is 6.04 Å². The highest BCUT2D eigenvalue weighted by Crippen LogP contribution is 2.50. The second kappa shape index (κ2) is 6.48. The molecule has 0 N–H and O–H groups in total. The Hall–Kier alpha value is -2.55. The first kappa shape index (κ1) is 18.5. The number of methoxy groups -OCH3 is 1. The highest BCUT2D eigenvalue weighted by Gasteiger charge is 2.53.